The first-order valence-electron chi connectivity index (χ1n) is 6.02. The summed E-state index contributed by atoms with van der Waals surface area (Å²) >= 11 is 3.33. The van der Waals surface area contributed by atoms with E-state index in [0.29, 0.717) is 11.0 Å². The largest absolute Gasteiger partial charge is 0.298 e. The first-order valence-corrected chi connectivity index (χ1v) is 6.81. The molecule has 0 saturated carbocycles. The second-order valence-electron chi connectivity index (χ2n) is 5.57. The summed E-state index contributed by atoms with van der Waals surface area (Å²) in [6.45, 7) is 6.39. The molecular formula is C14H16BrFN2O. The van der Waals surface area contributed by atoms with E-state index in [2.05, 4.69) is 21.0 Å². The van der Waals surface area contributed by atoms with Gasteiger partial charge in [-0.1, -0.05) is 32.9 Å². The molecule has 0 amide bonds. The van der Waals surface area contributed by atoms with Gasteiger partial charge in [0.05, 0.1) is 12.2 Å². The molecule has 0 atom stereocenters. The third-order valence-electron chi connectivity index (χ3n) is 2.88. The molecule has 1 heterocycles. The Morgan fingerprint density at radius 3 is 2.58 bits per heavy atom. The third kappa shape index (κ3) is 2.97. The topological polar surface area (TPSA) is 37.8 Å². The van der Waals surface area contributed by atoms with E-state index in [4.69, 9.17) is 0 Å². The molecule has 3 nitrogen and oxygen atoms in total. The Morgan fingerprint density at radius 1 is 1.37 bits per heavy atom. The van der Waals surface area contributed by atoms with Gasteiger partial charge in [-0.05, 0) is 33.6 Å². The van der Waals surface area contributed by atoms with Crippen LogP contribution in [0.1, 0.15) is 32.0 Å². The van der Waals surface area contributed by atoms with Crippen LogP contribution in [0.3, 0.4) is 0 Å². The Morgan fingerprint density at radius 2 is 2.05 bits per heavy atom. The average molecular weight is 327 g/mol. The lowest BCUT2D eigenvalue weighted by Gasteiger charge is -2.16. The van der Waals surface area contributed by atoms with Gasteiger partial charge in [0.2, 0.25) is 0 Å². The highest BCUT2D eigenvalue weighted by molar-refractivity contribution is 9.10. The van der Waals surface area contributed by atoms with Crippen molar-refractivity contribution in [3.05, 3.63) is 56.2 Å². The summed E-state index contributed by atoms with van der Waals surface area (Å²) in [6.07, 6.45) is 0. The normalized spacial score (nSPS) is 11.8. The van der Waals surface area contributed by atoms with Crippen molar-refractivity contribution in [2.24, 2.45) is 0 Å². The minimum atomic E-state index is -0.299. The number of benzene rings is 1. The number of nitrogens with zero attached hydrogens (tertiary/aromatic N) is 1. The van der Waals surface area contributed by atoms with Crippen LogP contribution in [-0.4, -0.2) is 9.78 Å². The lowest BCUT2D eigenvalue weighted by atomic mass is 9.93. The molecule has 5 heteroatoms. The highest BCUT2D eigenvalue weighted by atomic mass is 79.9. The first-order chi connectivity index (χ1) is 8.79. The molecule has 0 aliphatic carbocycles. The summed E-state index contributed by atoms with van der Waals surface area (Å²) in [6, 6.07) is 6.24. The fraction of sp³-hybridized carbons (Fsp3) is 0.357. The average Bonchev–Trinajstić information content (AvgIpc) is 2.57. The molecule has 0 aliphatic heterocycles. The summed E-state index contributed by atoms with van der Waals surface area (Å²) in [5.41, 5.74) is 1.30. The lowest BCUT2D eigenvalue weighted by molar-refractivity contribution is 0.540. The van der Waals surface area contributed by atoms with Gasteiger partial charge < -0.3 is 0 Å². The molecule has 2 rings (SSSR count). The second-order valence-corrected chi connectivity index (χ2v) is 6.37. The van der Waals surface area contributed by atoms with Crippen LogP contribution in [0, 0.1) is 5.82 Å². The SMILES string of the molecule is CC(C)(C)c1[nH]n(Cc2cccc(F)c2)c(=O)c1Br. The molecule has 0 spiro atoms. The van der Waals surface area contributed by atoms with E-state index in [9.17, 15) is 9.18 Å². The van der Waals surface area contributed by atoms with Crippen molar-refractivity contribution in [1.82, 2.24) is 9.78 Å². The van der Waals surface area contributed by atoms with E-state index in [1.54, 1.807) is 12.1 Å². The standard InChI is InChI=1S/C14H16BrFN2O/c1-14(2,3)12-11(15)13(19)18(17-12)8-9-5-4-6-10(16)7-9/h4-7,17H,8H2,1-3H3. The summed E-state index contributed by atoms with van der Waals surface area (Å²) < 4.78 is 15.2. The van der Waals surface area contributed by atoms with Crippen molar-refractivity contribution in [2.75, 3.05) is 0 Å². The monoisotopic (exact) mass is 326 g/mol. The fourth-order valence-electron chi connectivity index (χ4n) is 1.89. The van der Waals surface area contributed by atoms with Gasteiger partial charge in [-0.15, -0.1) is 0 Å². The highest BCUT2D eigenvalue weighted by Crippen LogP contribution is 2.25. The molecule has 0 unspecified atom stereocenters. The molecule has 1 aromatic heterocycles. The zero-order valence-electron chi connectivity index (χ0n) is 11.1. The molecule has 102 valence electrons. The van der Waals surface area contributed by atoms with E-state index in [0.717, 1.165) is 11.3 Å². The van der Waals surface area contributed by atoms with Crippen molar-refractivity contribution in [3.8, 4) is 0 Å². The van der Waals surface area contributed by atoms with Crippen LogP contribution in [0.15, 0.2) is 33.5 Å². The van der Waals surface area contributed by atoms with Crippen molar-refractivity contribution < 1.29 is 4.39 Å². The van der Waals surface area contributed by atoms with Gasteiger partial charge in [-0.2, -0.15) is 0 Å². The van der Waals surface area contributed by atoms with Crippen LogP contribution in [0.5, 0.6) is 0 Å². The maximum atomic E-state index is 13.1. The highest BCUT2D eigenvalue weighted by Gasteiger charge is 2.23. The van der Waals surface area contributed by atoms with Crippen LogP contribution in [0.4, 0.5) is 4.39 Å². The minimum absolute atomic E-state index is 0.130. The van der Waals surface area contributed by atoms with Crippen molar-refractivity contribution in [3.63, 3.8) is 0 Å². The summed E-state index contributed by atoms with van der Waals surface area (Å²) in [7, 11) is 0. The molecule has 0 fully saturated rings. The zero-order valence-corrected chi connectivity index (χ0v) is 12.7. The van der Waals surface area contributed by atoms with Crippen LogP contribution in [0.2, 0.25) is 0 Å². The molecule has 0 aliphatic rings. The number of nitrogens with one attached hydrogen (secondary N) is 1. The van der Waals surface area contributed by atoms with Crippen LogP contribution < -0.4 is 5.56 Å². The second kappa shape index (κ2) is 4.96. The molecule has 1 N–H and O–H groups in total. The van der Waals surface area contributed by atoms with Gasteiger partial charge in [-0.3, -0.25) is 9.89 Å². The fourth-order valence-corrected chi connectivity index (χ4v) is 2.78. The first kappa shape index (κ1) is 14.1. The number of rotatable bonds is 2. The number of hydrogen-bond donors (Lipinski definition) is 1. The molecular weight excluding hydrogens is 311 g/mol. The van der Waals surface area contributed by atoms with E-state index in [1.807, 2.05) is 20.8 Å². The van der Waals surface area contributed by atoms with Crippen LogP contribution in [-0.2, 0) is 12.0 Å². The van der Waals surface area contributed by atoms with Gasteiger partial charge >= 0.3 is 0 Å². The van der Waals surface area contributed by atoms with E-state index in [-0.39, 0.29) is 16.8 Å². The molecule has 1 aromatic carbocycles. The van der Waals surface area contributed by atoms with Crippen LogP contribution in [0.25, 0.3) is 0 Å². The Kier molecular flexibility index (Phi) is 3.67. The lowest BCUT2D eigenvalue weighted by Crippen LogP contribution is -2.17. The van der Waals surface area contributed by atoms with Gasteiger partial charge in [0, 0.05) is 5.41 Å². The molecule has 2 aromatic rings. The smallest absolute Gasteiger partial charge is 0.281 e. The van der Waals surface area contributed by atoms with Crippen molar-refractivity contribution in [2.45, 2.75) is 32.7 Å². The van der Waals surface area contributed by atoms with Gasteiger partial charge in [0.15, 0.2) is 0 Å². The van der Waals surface area contributed by atoms with E-state index >= 15 is 0 Å². The molecule has 0 radical (unpaired) electrons. The molecule has 0 saturated heterocycles. The third-order valence-corrected chi connectivity index (χ3v) is 3.61. The predicted octanol–water partition coefficient (Wildman–Crippen LogP) is 3.42. The van der Waals surface area contributed by atoms with E-state index < -0.39 is 0 Å². The number of H-pyrrole nitrogens is 1. The molecule has 0 bridgehead atoms. The van der Waals surface area contributed by atoms with Gasteiger partial charge in [-0.25, -0.2) is 9.07 Å². The molecule has 19 heavy (non-hydrogen) atoms. The van der Waals surface area contributed by atoms with Crippen LogP contribution >= 0.6 is 15.9 Å². The van der Waals surface area contributed by atoms with Gasteiger partial charge in [0.25, 0.3) is 5.56 Å². The Balaban J connectivity index is 2.40. The zero-order chi connectivity index (χ0) is 14.2. The summed E-state index contributed by atoms with van der Waals surface area (Å²) in [5.74, 6) is -0.299. The Hall–Kier alpha value is -1.36. The maximum absolute atomic E-state index is 13.1. The number of halogens is 2. The summed E-state index contributed by atoms with van der Waals surface area (Å²) in [5, 5.41) is 3.09. The minimum Gasteiger partial charge on any atom is -0.298 e. The number of hydrogen-bond acceptors (Lipinski definition) is 1. The van der Waals surface area contributed by atoms with Gasteiger partial charge in [0.1, 0.15) is 10.3 Å². The Bertz CT molecular complexity index is 652. The van der Waals surface area contributed by atoms with Crippen molar-refractivity contribution in [1.29, 1.82) is 0 Å². The Labute approximate surface area is 119 Å². The quantitative estimate of drug-likeness (QED) is 0.902. The number of aromatic amines is 1. The summed E-state index contributed by atoms with van der Waals surface area (Å²) in [4.78, 5) is 12.1. The number of aromatic nitrogens is 2. The van der Waals surface area contributed by atoms with Crippen molar-refractivity contribution >= 4 is 15.9 Å². The predicted molar refractivity (Wildman–Crippen MR) is 77.0 cm³/mol. The maximum Gasteiger partial charge on any atom is 0.281 e. The van der Waals surface area contributed by atoms with E-state index in [1.165, 1.54) is 16.8 Å².